The van der Waals surface area contributed by atoms with Crippen LogP contribution in [-0.4, -0.2) is 36.9 Å². The van der Waals surface area contributed by atoms with Gasteiger partial charge in [0.1, 0.15) is 11.5 Å². The van der Waals surface area contributed by atoms with E-state index in [1.165, 1.54) is 19.3 Å². The van der Waals surface area contributed by atoms with Crippen molar-refractivity contribution in [2.75, 3.05) is 12.4 Å². The minimum atomic E-state index is -3.53. The van der Waals surface area contributed by atoms with E-state index < -0.39 is 15.4 Å². The number of benzene rings is 1. The van der Waals surface area contributed by atoms with E-state index >= 15 is 0 Å². The number of ether oxygens (including phenoxy) is 1. The van der Waals surface area contributed by atoms with Crippen LogP contribution >= 0.6 is 0 Å². The van der Waals surface area contributed by atoms with E-state index in [0.29, 0.717) is 31.2 Å². The van der Waals surface area contributed by atoms with Crippen LogP contribution in [0.4, 0.5) is 0 Å². The molecular formula is C25H35NO4S. The predicted molar refractivity (Wildman–Crippen MR) is 120 cm³/mol. The lowest BCUT2D eigenvalue weighted by molar-refractivity contribution is -0.128. The Hall–Kier alpha value is -1.40. The number of hydrogen-bond donors (Lipinski definition) is 0. The molecule has 0 saturated heterocycles. The monoisotopic (exact) mass is 445 g/mol. The van der Waals surface area contributed by atoms with Gasteiger partial charge in [-0.3, -0.25) is 4.79 Å². The fraction of sp³-hybridized carbons (Fsp3) is 0.720. The summed E-state index contributed by atoms with van der Waals surface area (Å²) in [5.41, 5.74) is 0.0413. The highest BCUT2D eigenvalue weighted by molar-refractivity contribution is 7.89. The number of nitrogens with zero attached hydrogens (tertiary/aromatic N) is 1. The molecule has 5 rings (SSSR count). The maximum Gasteiger partial charge on any atom is 0.215 e. The van der Waals surface area contributed by atoms with Crippen LogP contribution in [0.1, 0.15) is 70.8 Å². The first-order chi connectivity index (χ1) is 14.7. The molecule has 1 aromatic rings. The van der Waals surface area contributed by atoms with Crippen LogP contribution < -0.4 is 4.74 Å². The standard InChI is InChI=1S/C25H35NO4S/c1-24(2)20-12-13-25(24,23(27)14-20)17-31(28,29)26(21-8-9-21)15-18-6-10-22(11-7-18)30-16-19-4-3-5-19/h6-7,10-11,19-21H,3-5,8-9,12-17H2,1-2H3/t20-,25-/m1/s1. The number of hydrogen-bond acceptors (Lipinski definition) is 4. The summed E-state index contributed by atoms with van der Waals surface area (Å²) in [6, 6.07) is 7.95. The van der Waals surface area contributed by atoms with Crippen LogP contribution in [0.3, 0.4) is 0 Å². The second kappa shape index (κ2) is 7.58. The van der Waals surface area contributed by atoms with Gasteiger partial charge in [-0.1, -0.05) is 32.4 Å². The normalized spacial score (nSPS) is 30.0. The molecule has 0 aromatic heterocycles. The van der Waals surface area contributed by atoms with Crippen molar-refractivity contribution in [3.05, 3.63) is 29.8 Å². The molecule has 4 aliphatic carbocycles. The lowest BCUT2D eigenvalue weighted by Gasteiger charge is -2.37. The molecule has 6 heteroatoms. The maximum atomic E-state index is 13.6. The highest BCUT2D eigenvalue weighted by Crippen LogP contribution is 2.64. The number of fused-ring (bicyclic) bond motifs is 2. The van der Waals surface area contributed by atoms with Gasteiger partial charge in [0.25, 0.3) is 0 Å². The second-order valence-corrected chi connectivity index (χ2v) is 12.9. The molecule has 2 atom stereocenters. The van der Waals surface area contributed by atoms with E-state index in [-0.39, 0.29) is 23.0 Å². The average Bonchev–Trinajstić information content (AvgIpc) is 3.46. The molecule has 0 aliphatic heterocycles. The van der Waals surface area contributed by atoms with Gasteiger partial charge in [0.2, 0.25) is 10.0 Å². The lowest BCUT2D eigenvalue weighted by atomic mass is 9.70. The minimum absolute atomic E-state index is 0.0264. The fourth-order valence-electron chi connectivity index (χ4n) is 6.06. The minimum Gasteiger partial charge on any atom is -0.493 e. The summed E-state index contributed by atoms with van der Waals surface area (Å²) >= 11 is 0. The fourth-order valence-corrected chi connectivity index (χ4v) is 8.54. The Bertz CT molecular complexity index is 946. The zero-order valence-corrected chi connectivity index (χ0v) is 19.6. The van der Waals surface area contributed by atoms with Crippen LogP contribution in [0.15, 0.2) is 24.3 Å². The van der Waals surface area contributed by atoms with Crippen LogP contribution in [0.5, 0.6) is 5.75 Å². The summed E-state index contributed by atoms with van der Waals surface area (Å²) in [5.74, 6) is 2.01. The van der Waals surface area contributed by atoms with E-state index in [1.807, 2.05) is 24.3 Å². The average molecular weight is 446 g/mol. The Morgan fingerprint density at radius 1 is 1.06 bits per heavy atom. The van der Waals surface area contributed by atoms with Crippen molar-refractivity contribution in [2.24, 2.45) is 22.7 Å². The first-order valence-corrected chi connectivity index (χ1v) is 13.6. The Balaban J connectivity index is 1.30. The van der Waals surface area contributed by atoms with Gasteiger partial charge in [0.15, 0.2) is 0 Å². The highest BCUT2D eigenvalue weighted by Gasteiger charge is 2.65. The summed E-state index contributed by atoms with van der Waals surface area (Å²) in [4.78, 5) is 12.9. The molecule has 1 aromatic carbocycles. The van der Waals surface area contributed by atoms with Crippen LogP contribution in [-0.2, 0) is 21.4 Å². The Morgan fingerprint density at radius 3 is 2.29 bits per heavy atom. The van der Waals surface area contributed by atoms with Crippen molar-refractivity contribution in [3.8, 4) is 5.75 Å². The van der Waals surface area contributed by atoms with Gasteiger partial charge in [0.05, 0.1) is 12.4 Å². The van der Waals surface area contributed by atoms with Crippen molar-refractivity contribution in [3.63, 3.8) is 0 Å². The molecule has 0 spiro atoms. The third-order valence-electron chi connectivity index (χ3n) is 8.85. The van der Waals surface area contributed by atoms with Gasteiger partial charge in [-0.2, -0.15) is 4.31 Å². The number of ketones is 1. The summed E-state index contributed by atoms with van der Waals surface area (Å²) in [5, 5.41) is 0. The molecule has 4 saturated carbocycles. The van der Waals surface area contributed by atoms with Gasteiger partial charge < -0.3 is 4.74 Å². The first-order valence-electron chi connectivity index (χ1n) is 12.0. The van der Waals surface area contributed by atoms with E-state index in [4.69, 9.17) is 4.74 Å². The van der Waals surface area contributed by atoms with Crippen LogP contribution in [0.2, 0.25) is 0 Å². The molecule has 0 amide bonds. The smallest absolute Gasteiger partial charge is 0.215 e. The third kappa shape index (κ3) is 3.74. The number of sulfonamides is 1. The Kier molecular flexibility index (Phi) is 5.25. The summed E-state index contributed by atoms with van der Waals surface area (Å²) in [6.07, 6.45) is 7.89. The number of rotatable bonds is 9. The predicted octanol–water partition coefficient (Wildman–Crippen LogP) is 4.56. The van der Waals surface area contributed by atoms with Crippen molar-refractivity contribution < 1.29 is 17.9 Å². The summed E-state index contributed by atoms with van der Waals surface area (Å²) in [6.45, 7) is 5.36. The molecular weight excluding hydrogens is 410 g/mol. The lowest BCUT2D eigenvalue weighted by Crippen LogP contribution is -2.47. The van der Waals surface area contributed by atoms with Crippen LogP contribution in [0, 0.1) is 22.7 Å². The molecule has 2 bridgehead atoms. The van der Waals surface area contributed by atoms with E-state index in [9.17, 15) is 13.2 Å². The van der Waals surface area contributed by atoms with Gasteiger partial charge in [-0.05, 0) is 73.5 Å². The number of carbonyl (C=O) groups excluding carboxylic acids is 1. The maximum absolute atomic E-state index is 13.6. The molecule has 0 radical (unpaired) electrons. The molecule has 0 unspecified atom stereocenters. The third-order valence-corrected chi connectivity index (χ3v) is 10.9. The van der Waals surface area contributed by atoms with E-state index in [0.717, 1.165) is 37.2 Å². The Labute approximate surface area is 186 Å². The van der Waals surface area contributed by atoms with Gasteiger partial charge >= 0.3 is 0 Å². The highest BCUT2D eigenvalue weighted by atomic mass is 32.2. The molecule has 0 heterocycles. The van der Waals surface area contributed by atoms with E-state index in [1.54, 1.807) is 4.31 Å². The zero-order valence-electron chi connectivity index (χ0n) is 18.8. The summed E-state index contributed by atoms with van der Waals surface area (Å²) in [7, 11) is -3.53. The second-order valence-electron chi connectivity index (χ2n) is 11.0. The largest absolute Gasteiger partial charge is 0.493 e. The number of carbonyl (C=O) groups is 1. The van der Waals surface area contributed by atoms with E-state index in [2.05, 4.69) is 13.8 Å². The number of Topliss-reactive ketones (excluding diaryl/α,β-unsaturated/α-hetero) is 1. The van der Waals surface area contributed by atoms with Gasteiger partial charge in [-0.25, -0.2) is 8.42 Å². The van der Waals surface area contributed by atoms with Crippen molar-refractivity contribution in [1.29, 1.82) is 0 Å². The van der Waals surface area contributed by atoms with Gasteiger partial charge in [0, 0.05) is 24.4 Å². The molecule has 4 aliphatic rings. The Morgan fingerprint density at radius 2 is 1.77 bits per heavy atom. The molecule has 31 heavy (non-hydrogen) atoms. The molecule has 4 fully saturated rings. The molecule has 5 nitrogen and oxygen atoms in total. The first kappa shape index (κ1) is 21.4. The van der Waals surface area contributed by atoms with Crippen molar-refractivity contribution >= 4 is 15.8 Å². The molecule has 0 N–H and O–H groups in total. The molecule has 170 valence electrons. The topological polar surface area (TPSA) is 63.7 Å². The van der Waals surface area contributed by atoms with Crippen molar-refractivity contribution in [2.45, 2.75) is 77.8 Å². The quantitative estimate of drug-likeness (QED) is 0.559. The van der Waals surface area contributed by atoms with Gasteiger partial charge in [-0.15, -0.1) is 0 Å². The van der Waals surface area contributed by atoms with Crippen molar-refractivity contribution in [1.82, 2.24) is 4.31 Å². The zero-order chi connectivity index (χ0) is 21.9. The van der Waals surface area contributed by atoms with Crippen LogP contribution in [0.25, 0.3) is 0 Å². The summed E-state index contributed by atoms with van der Waals surface area (Å²) < 4.78 is 34.8. The SMILES string of the molecule is CC1(C)[C@@H]2CC[C@@]1(CS(=O)(=O)N(Cc1ccc(OCC3CCC3)cc1)C1CC1)C(=O)C2.